The van der Waals surface area contributed by atoms with Gasteiger partial charge in [-0.15, -0.1) is 0 Å². The van der Waals surface area contributed by atoms with Gasteiger partial charge in [0.05, 0.1) is 7.11 Å². The number of nitrogens with zero attached hydrogens (tertiary/aromatic N) is 1. The lowest BCUT2D eigenvalue weighted by Crippen LogP contribution is -2.40. The Morgan fingerprint density at radius 3 is 2.55 bits per heavy atom. The summed E-state index contributed by atoms with van der Waals surface area (Å²) in [7, 11) is 1.62. The van der Waals surface area contributed by atoms with Crippen molar-refractivity contribution in [2.24, 2.45) is 0 Å². The molecule has 5 heteroatoms. The number of ether oxygens (including phenoxy) is 1. The van der Waals surface area contributed by atoms with Crippen LogP contribution in [0.1, 0.15) is 18.4 Å². The van der Waals surface area contributed by atoms with Crippen molar-refractivity contribution in [3.8, 4) is 5.75 Å². The summed E-state index contributed by atoms with van der Waals surface area (Å²) in [6, 6.07) is 7.49. The van der Waals surface area contributed by atoms with Crippen LogP contribution >= 0.6 is 12.2 Å². The number of carbonyl (C=O) groups is 1. The van der Waals surface area contributed by atoms with E-state index in [0.29, 0.717) is 5.11 Å². The fourth-order valence-electron chi connectivity index (χ4n) is 2.03. The third-order valence-electron chi connectivity index (χ3n) is 3.17. The third-order valence-corrected chi connectivity index (χ3v) is 3.53. The van der Waals surface area contributed by atoms with Crippen molar-refractivity contribution in [2.75, 3.05) is 20.2 Å². The van der Waals surface area contributed by atoms with Gasteiger partial charge >= 0.3 is 0 Å². The molecule has 0 bridgehead atoms. The maximum absolute atomic E-state index is 11.8. The second-order valence-electron chi connectivity index (χ2n) is 4.60. The number of amides is 1. The number of methoxy groups -OCH3 is 1. The van der Waals surface area contributed by atoms with Crippen molar-refractivity contribution < 1.29 is 9.53 Å². The maximum Gasteiger partial charge on any atom is 0.250 e. The van der Waals surface area contributed by atoms with E-state index in [1.54, 1.807) is 13.2 Å². The Labute approximate surface area is 124 Å². The molecular formula is C15H18N2O2S. The molecule has 1 aliphatic heterocycles. The lowest BCUT2D eigenvalue weighted by molar-refractivity contribution is -0.115. The molecule has 1 amide bonds. The van der Waals surface area contributed by atoms with Gasteiger partial charge in [-0.1, -0.05) is 12.1 Å². The fraction of sp³-hybridized carbons (Fsp3) is 0.333. The molecular weight excluding hydrogens is 272 g/mol. The lowest BCUT2D eigenvalue weighted by atomic mass is 10.2. The third kappa shape index (κ3) is 4.06. The standard InChI is InChI=1S/C15H18N2O2S/c1-19-13-7-4-12(5-8-13)6-9-14(18)16-15(20)17-10-2-3-11-17/h4-9H,2-3,10-11H2,1H3,(H,16,18,20). The van der Waals surface area contributed by atoms with Gasteiger partial charge in [0.25, 0.3) is 0 Å². The zero-order valence-electron chi connectivity index (χ0n) is 11.5. The minimum absolute atomic E-state index is 0.197. The summed E-state index contributed by atoms with van der Waals surface area (Å²) >= 11 is 5.20. The molecule has 0 unspecified atom stereocenters. The molecule has 4 nitrogen and oxygen atoms in total. The highest BCUT2D eigenvalue weighted by molar-refractivity contribution is 7.80. The summed E-state index contributed by atoms with van der Waals surface area (Å²) in [5, 5.41) is 3.24. The van der Waals surface area contributed by atoms with Crippen LogP contribution < -0.4 is 10.1 Å². The summed E-state index contributed by atoms with van der Waals surface area (Å²) in [5.41, 5.74) is 0.938. The highest BCUT2D eigenvalue weighted by Crippen LogP contribution is 2.12. The molecule has 1 N–H and O–H groups in total. The lowest BCUT2D eigenvalue weighted by Gasteiger charge is -2.17. The maximum atomic E-state index is 11.8. The van der Waals surface area contributed by atoms with Gasteiger partial charge < -0.3 is 9.64 Å². The van der Waals surface area contributed by atoms with Crippen LogP contribution in [-0.4, -0.2) is 36.1 Å². The molecule has 106 valence electrons. The van der Waals surface area contributed by atoms with E-state index in [9.17, 15) is 4.79 Å². The molecule has 0 saturated carbocycles. The fourth-order valence-corrected chi connectivity index (χ4v) is 2.32. The van der Waals surface area contributed by atoms with Gasteiger partial charge in [-0.3, -0.25) is 10.1 Å². The topological polar surface area (TPSA) is 41.6 Å². The van der Waals surface area contributed by atoms with Crippen molar-refractivity contribution in [1.29, 1.82) is 0 Å². The van der Waals surface area contributed by atoms with Gasteiger partial charge in [0.1, 0.15) is 5.75 Å². The minimum Gasteiger partial charge on any atom is -0.497 e. The predicted molar refractivity (Wildman–Crippen MR) is 83.6 cm³/mol. The molecule has 0 atom stereocenters. The van der Waals surface area contributed by atoms with E-state index in [1.165, 1.54) is 6.08 Å². The van der Waals surface area contributed by atoms with E-state index in [2.05, 4.69) is 5.32 Å². The Balaban J connectivity index is 1.86. The van der Waals surface area contributed by atoms with Gasteiger partial charge in [-0.25, -0.2) is 0 Å². The van der Waals surface area contributed by atoms with Crippen molar-refractivity contribution in [2.45, 2.75) is 12.8 Å². The molecule has 1 aliphatic rings. The van der Waals surface area contributed by atoms with Crippen LogP contribution in [0.4, 0.5) is 0 Å². The average Bonchev–Trinajstić information content (AvgIpc) is 3.00. The van der Waals surface area contributed by atoms with Crippen molar-refractivity contribution in [3.05, 3.63) is 35.9 Å². The molecule has 2 rings (SSSR count). The van der Waals surface area contributed by atoms with Crippen molar-refractivity contribution in [1.82, 2.24) is 10.2 Å². The molecule has 1 saturated heterocycles. The van der Waals surface area contributed by atoms with Gasteiger partial charge in [-0.2, -0.15) is 0 Å². The molecule has 0 radical (unpaired) electrons. The highest BCUT2D eigenvalue weighted by atomic mass is 32.1. The highest BCUT2D eigenvalue weighted by Gasteiger charge is 2.15. The Kier molecular flexibility index (Phi) is 5.12. The first kappa shape index (κ1) is 14.5. The van der Waals surface area contributed by atoms with E-state index in [1.807, 2.05) is 29.2 Å². The molecule has 1 heterocycles. The van der Waals surface area contributed by atoms with Crippen LogP contribution in [0.2, 0.25) is 0 Å². The normalized spacial score (nSPS) is 14.6. The number of nitrogens with one attached hydrogen (secondary N) is 1. The van der Waals surface area contributed by atoms with Crippen LogP contribution in [0.25, 0.3) is 6.08 Å². The number of carbonyl (C=O) groups excluding carboxylic acids is 1. The number of rotatable bonds is 3. The monoisotopic (exact) mass is 290 g/mol. The first-order valence-electron chi connectivity index (χ1n) is 6.61. The number of hydrogen-bond donors (Lipinski definition) is 1. The van der Waals surface area contributed by atoms with E-state index < -0.39 is 0 Å². The average molecular weight is 290 g/mol. The van der Waals surface area contributed by atoms with Gasteiger partial charge in [0.2, 0.25) is 5.91 Å². The summed E-state index contributed by atoms with van der Waals surface area (Å²) in [4.78, 5) is 13.8. The smallest absolute Gasteiger partial charge is 0.250 e. The summed E-state index contributed by atoms with van der Waals surface area (Å²) in [6.07, 6.45) is 5.51. The van der Waals surface area contributed by atoms with E-state index in [0.717, 1.165) is 37.2 Å². The van der Waals surface area contributed by atoms with Crippen LogP contribution in [0.15, 0.2) is 30.3 Å². The van der Waals surface area contributed by atoms with E-state index in [4.69, 9.17) is 17.0 Å². The van der Waals surface area contributed by atoms with Gasteiger partial charge in [-0.05, 0) is 48.8 Å². The molecule has 0 aliphatic carbocycles. The quantitative estimate of drug-likeness (QED) is 0.684. The molecule has 1 aromatic rings. The molecule has 1 fully saturated rings. The van der Waals surface area contributed by atoms with E-state index >= 15 is 0 Å². The van der Waals surface area contributed by atoms with Gasteiger partial charge in [0, 0.05) is 19.2 Å². The Morgan fingerprint density at radius 2 is 1.95 bits per heavy atom. The van der Waals surface area contributed by atoms with Crippen molar-refractivity contribution >= 4 is 29.3 Å². The Hall–Kier alpha value is -1.88. The number of hydrogen-bond acceptors (Lipinski definition) is 3. The summed E-state index contributed by atoms with van der Waals surface area (Å²) in [5.74, 6) is 0.597. The number of likely N-dealkylation sites (tertiary alicyclic amines) is 1. The largest absolute Gasteiger partial charge is 0.497 e. The van der Waals surface area contributed by atoms with Gasteiger partial charge in [0.15, 0.2) is 5.11 Å². The SMILES string of the molecule is COc1ccc(C=CC(=O)NC(=S)N2CCCC2)cc1. The predicted octanol–water partition coefficient (Wildman–Crippen LogP) is 2.21. The molecule has 1 aromatic carbocycles. The van der Waals surface area contributed by atoms with Crippen LogP contribution in [0.5, 0.6) is 5.75 Å². The van der Waals surface area contributed by atoms with E-state index in [-0.39, 0.29) is 5.91 Å². The second-order valence-corrected chi connectivity index (χ2v) is 4.98. The first-order valence-corrected chi connectivity index (χ1v) is 7.02. The van der Waals surface area contributed by atoms with Crippen LogP contribution in [0, 0.1) is 0 Å². The number of thiocarbonyl (C=S) groups is 1. The molecule has 0 spiro atoms. The molecule has 20 heavy (non-hydrogen) atoms. The zero-order valence-corrected chi connectivity index (χ0v) is 12.3. The first-order chi connectivity index (χ1) is 9.69. The van der Waals surface area contributed by atoms with Crippen LogP contribution in [0.3, 0.4) is 0 Å². The summed E-state index contributed by atoms with van der Waals surface area (Å²) < 4.78 is 5.08. The second kappa shape index (κ2) is 7.05. The minimum atomic E-state index is -0.197. The number of benzene rings is 1. The molecule has 0 aromatic heterocycles. The zero-order chi connectivity index (χ0) is 14.4. The summed E-state index contributed by atoms with van der Waals surface area (Å²) in [6.45, 7) is 1.86. The Bertz CT molecular complexity index is 505. The van der Waals surface area contributed by atoms with Crippen molar-refractivity contribution in [3.63, 3.8) is 0 Å². The van der Waals surface area contributed by atoms with Crippen LogP contribution in [-0.2, 0) is 4.79 Å². The Morgan fingerprint density at radius 1 is 1.30 bits per heavy atom.